The number of pyridine rings is 4. The number of fused-ring (bicyclic) bond motifs is 6. The van der Waals surface area contributed by atoms with Gasteiger partial charge in [0.25, 0.3) is 0 Å². The van der Waals surface area contributed by atoms with Crippen molar-refractivity contribution in [2.75, 3.05) is 0 Å². The lowest BCUT2D eigenvalue weighted by atomic mass is 9.66. The van der Waals surface area contributed by atoms with Crippen LogP contribution in [-0.4, -0.2) is 39.2 Å². The Bertz CT molecular complexity index is 3180. The maximum atomic E-state index is 12.0. The minimum atomic E-state index is -0.260. The van der Waals surface area contributed by atoms with Gasteiger partial charge in [0.15, 0.2) is 11.3 Å². The molecule has 2 aliphatic carbocycles. The zero-order valence-electron chi connectivity index (χ0n) is 34.2. The Morgan fingerprint density at radius 2 is 0.968 bits per heavy atom. The Labute approximate surface area is 356 Å². The highest BCUT2D eigenvalue weighted by Crippen LogP contribution is 2.44. The largest absolute Gasteiger partial charge is 0.347 e. The molecule has 62 heavy (non-hydrogen) atoms. The van der Waals surface area contributed by atoms with Crippen LogP contribution in [0.5, 0.6) is 0 Å². The minimum absolute atomic E-state index is 0.184. The first-order chi connectivity index (χ1) is 30.2. The molecule has 2 aliphatic rings. The molecule has 2 fully saturated rings. The topological polar surface area (TPSA) is 152 Å². The number of aromatic nitrogens is 8. The van der Waals surface area contributed by atoms with Crippen LogP contribution in [0, 0.1) is 0 Å². The molecule has 6 heterocycles. The smallest absolute Gasteiger partial charge is 0.321 e. The first-order valence-electron chi connectivity index (χ1n) is 21.2. The third-order valence-electron chi connectivity index (χ3n) is 13.2. The van der Waals surface area contributed by atoms with Crippen LogP contribution < -0.4 is 17.1 Å². The summed E-state index contributed by atoms with van der Waals surface area (Å²) in [4.78, 5) is 34.1. The van der Waals surface area contributed by atoms with E-state index in [1.54, 1.807) is 12.4 Å². The lowest BCUT2D eigenvalue weighted by molar-refractivity contribution is 0.253. The number of hydrogen-bond acceptors (Lipinski definition) is 7. The van der Waals surface area contributed by atoms with E-state index in [2.05, 4.69) is 112 Å². The van der Waals surface area contributed by atoms with Crippen LogP contribution in [0.1, 0.15) is 56.6 Å². The van der Waals surface area contributed by atoms with Crippen LogP contribution in [0.25, 0.3) is 77.9 Å². The summed E-state index contributed by atoms with van der Waals surface area (Å²) in [6, 6.07) is 45.7. The van der Waals surface area contributed by atoms with Gasteiger partial charge >= 0.3 is 11.4 Å². The number of hydrogen-bond donors (Lipinski definition) is 3. The van der Waals surface area contributed by atoms with Crippen LogP contribution in [0.3, 0.4) is 0 Å². The van der Waals surface area contributed by atoms with Gasteiger partial charge in [-0.3, -0.25) is 0 Å². The molecule has 0 radical (unpaired) electrons. The van der Waals surface area contributed by atoms with Crippen molar-refractivity contribution >= 4 is 33.1 Å². The number of H-pyrrole nitrogens is 2. The van der Waals surface area contributed by atoms with E-state index in [9.17, 15) is 9.59 Å². The van der Waals surface area contributed by atoms with E-state index in [1.165, 1.54) is 45.6 Å². The van der Waals surface area contributed by atoms with Crippen molar-refractivity contribution in [3.8, 4) is 44.8 Å². The van der Waals surface area contributed by atoms with Crippen molar-refractivity contribution in [1.82, 2.24) is 39.2 Å². The van der Waals surface area contributed by atoms with E-state index in [0.29, 0.717) is 16.7 Å². The van der Waals surface area contributed by atoms with Gasteiger partial charge < -0.3 is 5.73 Å². The Hall–Kier alpha value is -7.50. The quantitative estimate of drug-likeness (QED) is 0.151. The molecular formula is C51H43N9O2. The van der Waals surface area contributed by atoms with Gasteiger partial charge in [0.2, 0.25) is 0 Å². The highest BCUT2D eigenvalue weighted by molar-refractivity contribution is 5.99. The van der Waals surface area contributed by atoms with Gasteiger partial charge in [-0.25, -0.2) is 38.6 Å². The fourth-order valence-corrected chi connectivity index (χ4v) is 9.17. The maximum Gasteiger partial charge on any atom is 0.347 e. The number of benzene rings is 4. The molecule has 11 heteroatoms. The third-order valence-corrected chi connectivity index (χ3v) is 13.2. The maximum absolute atomic E-state index is 12.0. The predicted octanol–water partition coefficient (Wildman–Crippen LogP) is 9.59. The number of nitrogens with zero attached hydrogens (tertiary/aromatic N) is 6. The molecule has 10 aromatic rings. The monoisotopic (exact) mass is 813 g/mol. The summed E-state index contributed by atoms with van der Waals surface area (Å²) < 4.78 is 3.03. The summed E-state index contributed by atoms with van der Waals surface area (Å²) in [6.45, 7) is 2.35. The Morgan fingerprint density at radius 3 is 1.37 bits per heavy atom. The van der Waals surface area contributed by atoms with E-state index < -0.39 is 0 Å². The second-order valence-corrected chi connectivity index (χ2v) is 17.0. The average molecular weight is 814 g/mol. The van der Waals surface area contributed by atoms with Gasteiger partial charge in [-0.1, -0.05) is 123 Å². The van der Waals surface area contributed by atoms with E-state index in [4.69, 9.17) is 15.7 Å². The molecule has 0 spiro atoms. The Balaban J connectivity index is 0.000000139. The standard InChI is InChI=1S/C26H22N4O.C25H21N5O/c1-26(13-5-14-26)19-10-8-18(9-11-19)23-20(17-6-3-2-4-7-17)16-21-22(27-23)12-15-30-24(21)28-29-25(30)31;26-25(12-4-13-25)18-9-7-17(8-10-18)22-19(16-5-2-1-3-6-16)15-20-21(27-22)11-14-30-23(20)28-29-24(30)31/h2-4,6-12,15-16H,5,13-14H2,1H3,(H,29,31);1-3,5-11,14-15H,4,12-13,26H2,(H,29,31). The van der Waals surface area contributed by atoms with E-state index in [1.807, 2.05) is 48.5 Å². The fourth-order valence-electron chi connectivity index (χ4n) is 9.17. The van der Waals surface area contributed by atoms with E-state index in [0.717, 1.165) is 79.4 Å². The summed E-state index contributed by atoms with van der Waals surface area (Å²) in [5.41, 5.74) is 19.6. The molecule has 6 aromatic heterocycles. The van der Waals surface area contributed by atoms with E-state index in [-0.39, 0.29) is 16.9 Å². The van der Waals surface area contributed by atoms with Crippen molar-refractivity contribution in [3.63, 3.8) is 0 Å². The molecule has 2 saturated carbocycles. The van der Waals surface area contributed by atoms with Crippen LogP contribution in [0.4, 0.5) is 0 Å². The number of nitrogens with one attached hydrogen (secondary N) is 2. The fraction of sp³-hybridized carbons (Fsp3) is 0.176. The summed E-state index contributed by atoms with van der Waals surface area (Å²) in [6.07, 6.45) is 10.5. The van der Waals surface area contributed by atoms with Crippen molar-refractivity contribution in [3.05, 3.63) is 178 Å². The second-order valence-electron chi connectivity index (χ2n) is 17.0. The van der Waals surface area contributed by atoms with Crippen LogP contribution in [0.2, 0.25) is 0 Å². The lowest BCUT2D eigenvalue weighted by Crippen LogP contribution is -2.43. The summed E-state index contributed by atoms with van der Waals surface area (Å²) in [7, 11) is 0. The zero-order valence-corrected chi connectivity index (χ0v) is 34.2. The van der Waals surface area contributed by atoms with E-state index >= 15 is 0 Å². The molecule has 11 nitrogen and oxygen atoms in total. The third kappa shape index (κ3) is 6.31. The lowest BCUT2D eigenvalue weighted by Gasteiger charge is -2.39. The summed E-state index contributed by atoms with van der Waals surface area (Å²) >= 11 is 0. The molecule has 12 rings (SSSR count). The number of aromatic amines is 2. The molecule has 304 valence electrons. The molecule has 0 unspecified atom stereocenters. The molecule has 0 saturated heterocycles. The number of nitrogens with two attached hydrogens (primary N) is 1. The highest BCUT2D eigenvalue weighted by atomic mass is 16.2. The molecule has 0 amide bonds. The van der Waals surface area contributed by atoms with Gasteiger partial charge in [0.1, 0.15) is 0 Å². The Kier molecular flexibility index (Phi) is 8.83. The van der Waals surface area contributed by atoms with Gasteiger partial charge in [-0.05, 0) is 84.0 Å². The molecule has 4 aromatic carbocycles. The molecule has 0 atom stereocenters. The summed E-state index contributed by atoms with van der Waals surface area (Å²) in [5.74, 6) is 0. The molecule has 0 aliphatic heterocycles. The van der Waals surface area contributed by atoms with Gasteiger partial charge in [-0.2, -0.15) is 10.2 Å². The van der Waals surface area contributed by atoms with Crippen LogP contribution in [-0.2, 0) is 11.0 Å². The molecular weight excluding hydrogens is 771 g/mol. The van der Waals surface area contributed by atoms with Gasteiger partial charge in [0, 0.05) is 51.0 Å². The SMILES string of the molecule is CC1(c2ccc(-c3nc4ccn5c(=O)[nH]nc5c4cc3-c3ccccc3)cc2)CCC1.NC1(c2ccc(-c3nc4ccn5c(=O)[nH]nc5c4cc3-c3ccccc3)cc2)CCC1. The van der Waals surface area contributed by atoms with Crippen molar-refractivity contribution in [2.45, 2.75) is 56.4 Å². The summed E-state index contributed by atoms with van der Waals surface area (Å²) in [5, 5.41) is 15.2. The van der Waals surface area contributed by atoms with Gasteiger partial charge in [0.05, 0.1) is 22.4 Å². The first-order valence-corrected chi connectivity index (χ1v) is 21.2. The number of rotatable bonds is 6. The van der Waals surface area contributed by atoms with Crippen molar-refractivity contribution in [1.29, 1.82) is 0 Å². The zero-order chi connectivity index (χ0) is 42.0. The predicted molar refractivity (Wildman–Crippen MR) is 245 cm³/mol. The van der Waals surface area contributed by atoms with Crippen LogP contribution in [0.15, 0.2) is 155 Å². The van der Waals surface area contributed by atoms with Crippen molar-refractivity contribution < 1.29 is 0 Å². The molecule has 0 bridgehead atoms. The second kappa shape index (κ2) is 14.6. The highest BCUT2D eigenvalue weighted by Gasteiger charge is 2.35. The minimum Gasteiger partial charge on any atom is -0.321 e. The normalized spacial score (nSPS) is 15.3. The van der Waals surface area contributed by atoms with Crippen molar-refractivity contribution in [2.24, 2.45) is 5.73 Å². The Morgan fingerprint density at radius 1 is 0.532 bits per heavy atom. The van der Waals surface area contributed by atoms with Gasteiger partial charge in [-0.15, -0.1) is 0 Å². The molecule has 4 N–H and O–H groups in total. The first kappa shape index (κ1) is 37.5. The average Bonchev–Trinajstić information content (AvgIpc) is 3.89. The van der Waals surface area contributed by atoms with Crippen LogP contribution >= 0.6 is 0 Å².